The summed E-state index contributed by atoms with van der Waals surface area (Å²) in [6.07, 6.45) is 4.58. The zero-order valence-corrected chi connectivity index (χ0v) is 15.3. The van der Waals surface area contributed by atoms with E-state index in [2.05, 4.69) is 20.8 Å². The highest BCUT2D eigenvalue weighted by molar-refractivity contribution is 5.61. The van der Waals surface area contributed by atoms with E-state index in [0.717, 1.165) is 12.8 Å². The van der Waals surface area contributed by atoms with Crippen LogP contribution < -0.4 is 4.74 Å². The van der Waals surface area contributed by atoms with Crippen LogP contribution in [0.3, 0.4) is 0 Å². The predicted molar refractivity (Wildman–Crippen MR) is 92.1 cm³/mol. The number of methoxy groups -OCH3 is 1. The fraction of sp³-hybridized carbons (Fsp3) is 0.700. The van der Waals surface area contributed by atoms with Crippen LogP contribution in [0.5, 0.6) is 11.5 Å². The van der Waals surface area contributed by atoms with Crippen molar-refractivity contribution in [1.82, 2.24) is 0 Å². The number of benzene rings is 1. The van der Waals surface area contributed by atoms with Crippen molar-refractivity contribution in [2.45, 2.75) is 71.3 Å². The molecule has 128 valence electrons. The Bertz CT molecular complexity index is 639. The van der Waals surface area contributed by atoms with Crippen molar-refractivity contribution >= 4 is 0 Å². The van der Waals surface area contributed by atoms with Gasteiger partial charge in [-0.2, -0.15) is 0 Å². The molecule has 0 radical (unpaired) electrons. The SMILES string of the molecule is COc1c(O)c(C(C)(C)O)cc2c1[C@@]1(C)CCCC(C)(C)[C@H]1C2. The van der Waals surface area contributed by atoms with E-state index >= 15 is 0 Å². The van der Waals surface area contributed by atoms with Gasteiger partial charge in [0.15, 0.2) is 11.5 Å². The lowest BCUT2D eigenvalue weighted by atomic mass is 9.57. The Morgan fingerprint density at radius 2 is 1.87 bits per heavy atom. The maximum absolute atomic E-state index is 10.7. The topological polar surface area (TPSA) is 49.7 Å². The molecule has 2 atom stereocenters. The van der Waals surface area contributed by atoms with Crippen LogP contribution in [0.15, 0.2) is 6.07 Å². The van der Waals surface area contributed by atoms with Gasteiger partial charge < -0.3 is 14.9 Å². The van der Waals surface area contributed by atoms with E-state index in [4.69, 9.17) is 4.74 Å². The fourth-order valence-electron chi connectivity index (χ4n) is 5.30. The molecule has 0 heterocycles. The molecule has 0 amide bonds. The summed E-state index contributed by atoms with van der Waals surface area (Å²) >= 11 is 0. The molecule has 0 aliphatic heterocycles. The number of hydrogen-bond acceptors (Lipinski definition) is 3. The molecule has 1 aromatic rings. The van der Waals surface area contributed by atoms with Crippen LogP contribution in [0.2, 0.25) is 0 Å². The number of rotatable bonds is 2. The summed E-state index contributed by atoms with van der Waals surface area (Å²) in [5.41, 5.74) is 2.20. The molecule has 1 fully saturated rings. The summed E-state index contributed by atoms with van der Waals surface area (Å²) in [6, 6.07) is 2.01. The molecule has 3 nitrogen and oxygen atoms in total. The van der Waals surface area contributed by atoms with Crippen LogP contribution >= 0.6 is 0 Å². The van der Waals surface area contributed by atoms with Gasteiger partial charge in [-0.15, -0.1) is 0 Å². The maximum Gasteiger partial charge on any atom is 0.164 e. The van der Waals surface area contributed by atoms with Gasteiger partial charge in [-0.25, -0.2) is 0 Å². The van der Waals surface area contributed by atoms with E-state index in [0.29, 0.717) is 17.2 Å². The third-order valence-corrected chi connectivity index (χ3v) is 6.42. The number of phenols is 1. The van der Waals surface area contributed by atoms with E-state index in [-0.39, 0.29) is 16.6 Å². The minimum Gasteiger partial charge on any atom is -0.504 e. The van der Waals surface area contributed by atoms with Gasteiger partial charge in [-0.1, -0.05) is 27.2 Å². The molecule has 0 aromatic heterocycles. The zero-order valence-electron chi connectivity index (χ0n) is 15.3. The minimum absolute atomic E-state index is 0.0397. The first-order valence-corrected chi connectivity index (χ1v) is 8.68. The first-order chi connectivity index (χ1) is 10.5. The van der Waals surface area contributed by atoms with E-state index in [9.17, 15) is 10.2 Å². The Morgan fingerprint density at radius 1 is 1.22 bits per heavy atom. The molecule has 0 spiro atoms. The number of aromatic hydroxyl groups is 1. The number of phenolic OH excluding ortho intramolecular Hbond substituents is 1. The molecule has 3 heteroatoms. The number of ether oxygens (including phenoxy) is 1. The van der Waals surface area contributed by atoms with Crippen LogP contribution in [0.25, 0.3) is 0 Å². The molecule has 23 heavy (non-hydrogen) atoms. The van der Waals surface area contributed by atoms with Crippen molar-refractivity contribution in [2.24, 2.45) is 11.3 Å². The van der Waals surface area contributed by atoms with Gasteiger partial charge in [0.2, 0.25) is 0 Å². The summed E-state index contributed by atoms with van der Waals surface area (Å²) < 4.78 is 5.64. The zero-order chi connectivity index (χ0) is 17.2. The first-order valence-electron chi connectivity index (χ1n) is 8.68. The van der Waals surface area contributed by atoms with Crippen molar-refractivity contribution in [2.75, 3.05) is 7.11 Å². The van der Waals surface area contributed by atoms with Crippen molar-refractivity contribution in [3.05, 3.63) is 22.8 Å². The molecule has 1 saturated carbocycles. The smallest absolute Gasteiger partial charge is 0.164 e. The van der Waals surface area contributed by atoms with Crippen LogP contribution in [0.4, 0.5) is 0 Å². The average molecular weight is 318 g/mol. The summed E-state index contributed by atoms with van der Waals surface area (Å²) in [5, 5.41) is 21.2. The standard InChI is InChI=1S/C20H30O3/c1-18(2)8-7-9-20(5)14(18)11-12-10-13(19(3,4)22)16(21)17(23-6)15(12)20/h10,14,21-22H,7-9,11H2,1-6H3/t14-,20+/m1/s1. The average Bonchev–Trinajstić information content (AvgIpc) is 2.71. The normalized spacial score (nSPS) is 29.1. The molecule has 2 N–H and O–H groups in total. The second-order valence-corrected chi connectivity index (χ2v) is 8.92. The maximum atomic E-state index is 10.7. The lowest BCUT2D eigenvalue weighted by Crippen LogP contribution is -2.42. The van der Waals surface area contributed by atoms with E-state index in [1.807, 2.05) is 6.07 Å². The lowest BCUT2D eigenvalue weighted by molar-refractivity contribution is 0.0687. The Kier molecular flexibility index (Phi) is 3.54. The summed E-state index contributed by atoms with van der Waals surface area (Å²) in [4.78, 5) is 0. The van der Waals surface area contributed by atoms with Crippen LogP contribution in [-0.2, 0) is 17.4 Å². The lowest BCUT2D eigenvalue weighted by Gasteiger charge is -2.48. The van der Waals surface area contributed by atoms with E-state index in [1.54, 1.807) is 21.0 Å². The van der Waals surface area contributed by atoms with Gasteiger partial charge in [-0.05, 0) is 56.1 Å². The molecule has 0 saturated heterocycles. The van der Waals surface area contributed by atoms with Gasteiger partial charge in [-0.3, -0.25) is 0 Å². The van der Waals surface area contributed by atoms with Crippen molar-refractivity contribution in [1.29, 1.82) is 0 Å². The third kappa shape index (κ3) is 2.27. The van der Waals surface area contributed by atoms with Crippen molar-refractivity contribution < 1.29 is 14.9 Å². The number of aliphatic hydroxyl groups is 1. The Morgan fingerprint density at radius 3 is 2.43 bits per heavy atom. The minimum atomic E-state index is -1.09. The van der Waals surface area contributed by atoms with Gasteiger partial charge in [0.1, 0.15) is 0 Å². The molecule has 2 aliphatic carbocycles. The number of fused-ring (bicyclic) bond motifs is 3. The summed E-state index contributed by atoms with van der Waals surface area (Å²) in [7, 11) is 1.62. The molecule has 3 rings (SSSR count). The van der Waals surface area contributed by atoms with Gasteiger partial charge in [0.25, 0.3) is 0 Å². The van der Waals surface area contributed by atoms with E-state index < -0.39 is 5.60 Å². The Labute approximate surface area is 139 Å². The van der Waals surface area contributed by atoms with Crippen LogP contribution in [-0.4, -0.2) is 17.3 Å². The summed E-state index contributed by atoms with van der Waals surface area (Å²) in [5.74, 6) is 1.22. The van der Waals surface area contributed by atoms with Crippen molar-refractivity contribution in [3.63, 3.8) is 0 Å². The van der Waals surface area contributed by atoms with Crippen molar-refractivity contribution in [3.8, 4) is 11.5 Å². The largest absolute Gasteiger partial charge is 0.504 e. The molecule has 2 aliphatic rings. The molecule has 0 unspecified atom stereocenters. The second-order valence-electron chi connectivity index (χ2n) is 8.92. The quantitative estimate of drug-likeness (QED) is 0.856. The summed E-state index contributed by atoms with van der Waals surface area (Å²) in [6.45, 7) is 10.5. The highest BCUT2D eigenvalue weighted by atomic mass is 16.5. The van der Waals surface area contributed by atoms with Gasteiger partial charge >= 0.3 is 0 Å². The van der Waals surface area contributed by atoms with Crippen LogP contribution in [0.1, 0.15) is 70.6 Å². The highest BCUT2D eigenvalue weighted by Gasteiger charge is 2.54. The Hall–Kier alpha value is -1.22. The molecule has 0 bridgehead atoms. The predicted octanol–water partition coefficient (Wildman–Crippen LogP) is 4.27. The molecular formula is C20H30O3. The van der Waals surface area contributed by atoms with E-state index in [1.165, 1.54) is 24.0 Å². The van der Waals surface area contributed by atoms with Gasteiger partial charge in [0.05, 0.1) is 12.7 Å². The number of hydrogen-bond donors (Lipinski definition) is 2. The fourth-order valence-corrected chi connectivity index (χ4v) is 5.30. The first kappa shape index (κ1) is 16.6. The van der Waals surface area contributed by atoms with Gasteiger partial charge in [0, 0.05) is 16.5 Å². The third-order valence-electron chi connectivity index (χ3n) is 6.42. The second kappa shape index (κ2) is 4.89. The Balaban J connectivity index is 2.25. The molecular weight excluding hydrogens is 288 g/mol. The van der Waals surface area contributed by atoms with Crippen LogP contribution in [0, 0.1) is 11.3 Å². The molecule has 1 aromatic carbocycles. The highest BCUT2D eigenvalue weighted by Crippen LogP contribution is 2.62. The monoisotopic (exact) mass is 318 g/mol.